The van der Waals surface area contributed by atoms with Gasteiger partial charge in [-0.3, -0.25) is 9.59 Å². The van der Waals surface area contributed by atoms with Crippen LogP contribution in [0.25, 0.3) is 0 Å². The monoisotopic (exact) mass is 279 g/mol. The lowest BCUT2D eigenvalue weighted by atomic mass is 9.78. The number of carbonyl (C=O) groups excluding carboxylic acids is 1. The number of aliphatic carboxylic acids is 1. The number of carboxylic acid groups (broad SMARTS) is 1. The van der Waals surface area contributed by atoms with E-state index in [1.165, 1.54) is 24.3 Å². The lowest BCUT2D eigenvalue weighted by Gasteiger charge is -2.23. The summed E-state index contributed by atoms with van der Waals surface area (Å²) in [6.45, 7) is 0. The number of nitrogens with one attached hydrogen (secondary N) is 1. The molecule has 0 aromatic heterocycles. The largest absolute Gasteiger partial charge is 0.481 e. The van der Waals surface area contributed by atoms with Crippen LogP contribution in [0.5, 0.6) is 0 Å². The summed E-state index contributed by atoms with van der Waals surface area (Å²) in [5, 5.41) is 11.9. The van der Waals surface area contributed by atoms with Crippen LogP contribution in [0.4, 0.5) is 10.1 Å². The maximum Gasteiger partial charge on any atom is 0.310 e. The summed E-state index contributed by atoms with van der Waals surface area (Å²) in [5.41, 5.74) is 0.448. The average Bonchev–Trinajstić information content (AvgIpc) is 3.01. The molecule has 2 aliphatic heterocycles. The Kier molecular flexibility index (Phi) is 3.17. The predicted molar refractivity (Wildman–Crippen MR) is 67.5 cm³/mol. The predicted octanol–water partition coefficient (Wildman–Crippen LogP) is 1.64. The van der Waals surface area contributed by atoms with Crippen LogP contribution in [0.3, 0.4) is 0 Å². The third-order valence-corrected chi connectivity index (χ3v) is 3.97. The highest BCUT2D eigenvalue weighted by Gasteiger charge is 2.55. The highest BCUT2D eigenvalue weighted by molar-refractivity contribution is 5.96. The molecule has 2 heterocycles. The molecule has 2 bridgehead atoms. The van der Waals surface area contributed by atoms with Gasteiger partial charge in [0.15, 0.2) is 0 Å². The second kappa shape index (κ2) is 4.86. The average molecular weight is 279 g/mol. The molecule has 1 amide bonds. The maximum absolute atomic E-state index is 12.8. The molecular weight excluding hydrogens is 265 g/mol. The smallest absolute Gasteiger partial charge is 0.310 e. The van der Waals surface area contributed by atoms with Crippen molar-refractivity contribution in [3.63, 3.8) is 0 Å². The Morgan fingerprint density at radius 1 is 1.15 bits per heavy atom. The zero-order chi connectivity index (χ0) is 14.3. The quantitative estimate of drug-likeness (QED) is 0.882. The fourth-order valence-corrected chi connectivity index (χ4v) is 3.08. The number of carboxylic acids is 1. The molecule has 2 saturated heterocycles. The number of rotatable bonds is 3. The highest BCUT2D eigenvalue weighted by atomic mass is 19.1. The first-order valence-corrected chi connectivity index (χ1v) is 6.51. The summed E-state index contributed by atoms with van der Waals surface area (Å²) >= 11 is 0. The first-order chi connectivity index (χ1) is 9.56. The molecule has 0 radical (unpaired) electrons. The van der Waals surface area contributed by atoms with Crippen LogP contribution in [-0.2, 0) is 14.3 Å². The molecule has 6 heteroatoms. The SMILES string of the molecule is O=C(Nc1ccc(F)cc1)[C@@H]1[C@H](C(=O)O)[C@@H]2CC[C@H]1O2. The van der Waals surface area contributed by atoms with Crippen LogP contribution in [0, 0.1) is 17.7 Å². The molecule has 2 fully saturated rings. The van der Waals surface area contributed by atoms with E-state index >= 15 is 0 Å². The summed E-state index contributed by atoms with van der Waals surface area (Å²) in [6.07, 6.45) is 0.681. The van der Waals surface area contributed by atoms with Gasteiger partial charge < -0.3 is 15.2 Å². The van der Waals surface area contributed by atoms with E-state index in [0.29, 0.717) is 18.5 Å². The summed E-state index contributed by atoms with van der Waals surface area (Å²) in [4.78, 5) is 23.5. The lowest BCUT2D eigenvalue weighted by molar-refractivity contribution is -0.147. The summed E-state index contributed by atoms with van der Waals surface area (Å²) in [5.74, 6) is -3.26. The molecule has 3 rings (SSSR count). The molecule has 1 aromatic rings. The fraction of sp³-hybridized carbons (Fsp3) is 0.429. The number of benzene rings is 1. The highest BCUT2D eigenvalue weighted by Crippen LogP contribution is 2.44. The van der Waals surface area contributed by atoms with Gasteiger partial charge in [0.05, 0.1) is 24.0 Å². The van der Waals surface area contributed by atoms with Crippen molar-refractivity contribution in [2.45, 2.75) is 25.0 Å². The molecule has 2 N–H and O–H groups in total. The zero-order valence-electron chi connectivity index (χ0n) is 10.6. The first kappa shape index (κ1) is 13.1. The number of carbonyl (C=O) groups is 2. The summed E-state index contributed by atoms with van der Waals surface area (Å²) < 4.78 is 18.3. The topological polar surface area (TPSA) is 75.6 Å². The standard InChI is InChI=1S/C14H14FNO4/c15-7-1-3-8(4-2-7)16-13(17)11-9-5-6-10(20-9)12(11)14(18)19/h1-4,9-12H,5-6H2,(H,16,17)(H,18,19)/t9-,10+,11+,12-/m1/s1. The number of hydrogen-bond acceptors (Lipinski definition) is 3. The van der Waals surface area contributed by atoms with E-state index in [-0.39, 0.29) is 18.1 Å². The van der Waals surface area contributed by atoms with Crippen LogP contribution in [0.15, 0.2) is 24.3 Å². The summed E-state index contributed by atoms with van der Waals surface area (Å²) in [6, 6.07) is 5.36. The molecular formula is C14H14FNO4. The van der Waals surface area contributed by atoms with Crippen molar-refractivity contribution in [2.24, 2.45) is 11.8 Å². The minimum Gasteiger partial charge on any atom is -0.481 e. The van der Waals surface area contributed by atoms with Crippen LogP contribution in [-0.4, -0.2) is 29.2 Å². The van der Waals surface area contributed by atoms with Gasteiger partial charge in [-0.05, 0) is 37.1 Å². The van der Waals surface area contributed by atoms with Crippen LogP contribution in [0.1, 0.15) is 12.8 Å². The Labute approximate surface area is 114 Å². The maximum atomic E-state index is 12.8. The van der Waals surface area contributed by atoms with Crippen molar-refractivity contribution in [1.29, 1.82) is 0 Å². The Bertz CT molecular complexity index is 545. The number of amides is 1. The van der Waals surface area contributed by atoms with Gasteiger partial charge in [0.2, 0.25) is 5.91 Å². The number of hydrogen-bond donors (Lipinski definition) is 2. The van der Waals surface area contributed by atoms with Crippen molar-refractivity contribution in [3.05, 3.63) is 30.1 Å². The molecule has 2 aliphatic rings. The van der Waals surface area contributed by atoms with Gasteiger partial charge in [0.1, 0.15) is 5.82 Å². The molecule has 20 heavy (non-hydrogen) atoms. The number of halogens is 1. The molecule has 1 aromatic carbocycles. The molecule has 4 atom stereocenters. The second-order valence-electron chi connectivity index (χ2n) is 5.18. The number of fused-ring (bicyclic) bond motifs is 2. The number of ether oxygens (including phenoxy) is 1. The fourth-order valence-electron chi connectivity index (χ4n) is 3.08. The van der Waals surface area contributed by atoms with Gasteiger partial charge in [0, 0.05) is 5.69 Å². The minimum atomic E-state index is -1.00. The van der Waals surface area contributed by atoms with E-state index < -0.39 is 23.6 Å². The Morgan fingerprint density at radius 3 is 2.35 bits per heavy atom. The normalized spacial score (nSPS) is 31.2. The van der Waals surface area contributed by atoms with Crippen molar-refractivity contribution in [2.75, 3.05) is 5.32 Å². The van der Waals surface area contributed by atoms with E-state index in [1.54, 1.807) is 0 Å². The van der Waals surface area contributed by atoms with E-state index in [1.807, 2.05) is 0 Å². The van der Waals surface area contributed by atoms with Crippen LogP contribution in [0.2, 0.25) is 0 Å². The zero-order valence-corrected chi connectivity index (χ0v) is 10.6. The Morgan fingerprint density at radius 2 is 1.75 bits per heavy atom. The van der Waals surface area contributed by atoms with Gasteiger partial charge in [-0.25, -0.2) is 4.39 Å². The third kappa shape index (κ3) is 2.16. The molecule has 5 nitrogen and oxygen atoms in total. The Hall–Kier alpha value is -1.95. The van der Waals surface area contributed by atoms with Gasteiger partial charge >= 0.3 is 5.97 Å². The van der Waals surface area contributed by atoms with Gasteiger partial charge in [-0.15, -0.1) is 0 Å². The second-order valence-corrected chi connectivity index (χ2v) is 5.18. The van der Waals surface area contributed by atoms with Crippen LogP contribution < -0.4 is 5.32 Å². The van der Waals surface area contributed by atoms with Crippen molar-refractivity contribution >= 4 is 17.6 Å². The molecule has 0 unspecified atom stereocenters. The number of anilines is 1. The molecule has 0 aliphatic carbocycles. The summed E-state index contributed by atoms with van der Waals surface area (Å²) in [7, 11) is 0. The van der Waals surface area contributed by atoms with Crippen LogP contribution >= 0.6 is 0 Å². The van der Waals surface area contributed by atoms with Crippen molar-refractivity contribution in [3.8, 4) is 0 Å². The Balaban J connectivity index is 1.76. The third-order valence-electron chi connectivity index (χ3n) is 3.97. The van der Waals surface area contributed by atoms with Crippen molar-refractivity contribution < 1.29 is 23.8 Å². The van der Waals surface area contributed by atoms with E-state index in [0.717, 1.165) is 0 Å². The molecule has 0 saturated carbocycles. The molecule has 0 spiro atoms. The van der Waals surface area contributed by atoms with Crippen molar-refractivity contribution in [1.82, 2.24) is 0 Å². The minimum absolute atomic E-state index is 0.332. The first-order valence-electron chi connectivity index (χ1n) is 6.51. The van der Waals surface area contributed by atoms with E-state index in [9.17, 15) is 19.1 Å². The van der Waals surface area contributed by atoms with Gasteiger partial charge in [-0.2, -0.15) is 0 Å². The van der Waals surface area contributed by atoms with Gasteiger partial charge in [0.25, 0.3) is 0 Å². The molecule has 106 valence electrons. The van der Waals surface area contributed by atoms with E-state index in [4.69, 9.17) is 4.74 Å². The van der Waals surface area contributed by atoms with E-state index in [2.05, 4.69) is 5.32 Å². The lowest BCUT2D eigenvalue weighted by Crippen LogP contribution is -2.40. The van der Waals surface area contributed by atoms with Gasteiger partial charge in [-0.1, -0.05) is 0 Å².